The molecule has 2 amide bonds. The first-order valence-corrected chi connectivity index (χ1v) is 9.99. The second-order valence-corrected chi connectivity index (χ2v) is 7.44. The molecule has 152 valence electrons. The van der Waals surface area contributed by atoms with Crippen LogP contribution in [-0.2, 0) is 4.79 Å². The highest BCUT2D eigenvalue weighted by Crippen LogP contribution is 2.33. The van der Waals surface area contributed by atoms with Crippen molar-refractivity contribution in [3.8, 4) is 11.5 Å². The summed E-state index contributed by atoms with van der Waals surface area (Å²) in [5, 5.41) is 3.03. The standard InChI is InChI=1S/C22H25N3O4/c1-15(26)24-21(18-6-2-3-9-23-18)17-5-4-10-25(14-17)22(27)16-7-8-19-20(13-16)29-12-11-28-19/h2-3,6-9,13,17,21H,4-5,10-12,14H2,1H3,(H,24,26)/t17-,21+/m1/s1. The summed E-state index contributed by atoms with van der Waals surface area (Å²) in [7, 11) is 0. The molecule has 29 heavy (non-hydrogen) atoms. The lowest BCUT2D eigenvalue weighted by Crippen LogP contribution is -2.45. The molecule has 0 radical (unpaired) electrons. The largest absolute Gasteiger partial charge is 0.486 e. The third-order valence-corrected chi connectivity index (χ3v) is 5.37. The molecule has 7 nitrogen and oxygen atoms in total. The monoisotopic (exact) mass is 395 g/mol. The first-order valence-electron chi connectivity index (χ1n) is 9.99. The lowest BCUT2D eigenvalue weighted by molar-refractivity contribution is -0.120. The molecule has 3 heterocycles. The Balaban J connectivity index is 1.52. The summed E-state index contributed by atoms with van der Waals surface area (Å²) in [5.41, 5.74) is 1.41. The van der Waals surface area contributed by atoms with Crippen LogP contribution in [0.4, 0.5) is 0 Å². The van der Waals surface area contributed by atoms with Crippen molar-refractivity contribution in [2.45, 2.75) is 25.8 Å². The van der Waals surface area contributed by atoms with E-state index in [1.807, 2.05) is 23.1 Å². The Morgan fingerprint density at radius 3 is 2.76 bits per heavy atom. The van der Waals surface area contributed by atoms with Gasteiger partial charge in [-0.2, -0.15) is 0 Å². The molecule has 2 aliphatic heterocycles. The van der Waals surface area contributed by atoms with Crippen molar-refractivity contribution < 1.29 is 19.1 Å². The van der Waals surface area contributed by atoms with Crippen LogP contribution in [-0.4, -0.2) is 48.0 Å². The van der Waals surface area contributed by atoms with E-state index in [9.17, 15) is 9.59 Å². The Labute approximate surface area is 170 Å². The average molecular weight is 395 g/mol. The van der Waals surface area contributed by atoms with Gasteiger partial charge in [-0.3, -0.25) is 14.6 Å². The van der Waals surface area contributed by atoms with Gasteiger partial charge in [0.1, 0.15) is 13.2 Å². The van der Waals surface area contributed by atoms with E-state index in [0.717, 1.165) is 18.5 Å². The lowest BCUT2D eigenvalue weighted by Gasteiger charge is -2.37. The Morgan fingerprint density at radius 2 is 2.00 bits per heavy atom. The molecule has 0 spiro atoms. The molecule has 2 atom stereocenters. The summed E-state index contributed by atoms with van der Waals surface area (Å²) < 4.78 is 11.2. The molecule has 0 aliphatic carbocycles. The Bertz CT molecular complexity index is 887. The summed E-state index contributed by atoms with van der Waals surface area (Å²) in [4.78, 5) is 31.2. The van der Waals surface area contributed by atoms with E-state index >= 15 is 0 Å². The number of hydrogen-bond acceptors (Lipinski definition) is 5. The number of benzene rings is 1. The predicted octanol–water partition coefficient (Wildman–Crippen LogP) is 2.58. The number of carbonyl (C=O) groups excluding carboxylic acids is 2. The maximum absolute atomic E-state index is 13.1. The van der Waals surface area contributed by atoms with Crippen LogP contribution in [0.15, 0.2) is 42.6 Å². The van der Waals surface area contributed by atoms with Crippen LogP contribution in [0.1, 0.15) is 41.9 Å². The van der Waals surface area contributed by atoms with Crippen molar-refractivity contribution in [3.63, 3.8) is 0 Å². The molecule has 1 N–H and O–H groups in total. The van der Waals surface area contributed by atoms with Gasteiger partial charge in [0.2, 0.25) is 5.91 Å². The highest BCUT2D eigenvalue weighted by Gasteiger charge is 2.32. The van der Waals surface area contributed by atoms with Crippen LogP contribution in [0.3, 0.4) is 0 Å². The third-order valence-electron chi connectivity index (χ3n) is 5.37. The lowest BCUT2D eigenvalue weighted by atomic mass is 9.88. The van der Waals surface area contributed by atoms with Gasteiger partial charge in [-0.1, -0.05) is 6.07 Å². The van der Waals surface area contributed by atoms with Gasteiger partial charge in [0.15, 0.2) is 11.5 Å². The van der Waals surface area contributed by atoms with Gasteiger partial charge in [0, 0.05) is 37.7 Å². The average Bonchev–Trinajstić information content (AvgIpc) is 2.77. The maximum Gasteiger partial charge on any atom is 0.254 e. The minimum Gasteiger partial charge on any atom is -0.486 e. The van der Waals surface area contributed by atoms with Crippen molar-refractivity contribution in [1.29, 1.82) is 0 Å². The van der Waals surface area contributed by atoms with E-state index in [1.165, 1.54) is 6.92 Å². The van der Waals surface area contributed by atoms with Gasteiger partial charge >= 0.3 is 0 Å². The van der Waals surface area contributed by atoms with Gasteiger partial charge in [0.25, 0.3) is 5.91 Å². The van der Waals surface area contributed by atoms with E-state index in [1.54, 1.807) is 24.4 Å². The number of nitrogens with zero attached hydrogens (tertiary/aromatic N) is 2. The number of carbonyl (C=O) groups is 2. The number of nitrogens with one attached hydrogen (secondary N) is 1. The molecule has 0 saturated carbocycles. The number of pyridine rings is 1. The maximum atomic E-state index is 13.1. The zero-order valence-electron chi connectivity index (χ0n) is 16.5. The SMILES string of the molecule is CC(=O)N[C@H](c1ccccn1)[C@@H]1CCCN(C(=O)c2ccc3c(c2)OCCO3)C1. The zero-order chi connectivity index (χ0) is 20.2. The van der Waals surface area contributed by atoms with Crippen LogP contribution in [0.5, 0.6) is 11.5 Å². The first kappa shape index (κ1) is 19.2. The van der Waals surface area contributed by atoms with Crippen molar-refractivity contribution in [2.24, 2.45) is 5.92 Å². The number of rotatable bonds is 4. The molecular formula is C22H25N3O4. The molecule has 1 fully saturated rings. The summed E-state index contributed by atoms with van der Waals surface area (Å²) in [6.07, 6.45) is 3.53. The van der Waals surface area contributed by atoms with E-state index < -0.39 is 0 Å². The molecule has 4 rings (SSSR count). The highest BCUT2D eigenvalue weighted by atomic mass is 16.6. The second-order valence-electron chi connectivity index (χ2n) is 7.44. The Morgan fingerprint density at radius 1 is 1.17 bits per heavy atom. The van der Waals surface area contributed by atoms with Crippen molar-refractivity contribution in [3.05, 3.63) is 53.9 Å². The molecule has 2 aromatic rings. The van der Waals surface area contributed by atoms with E-state index in [-0.39, 0.29) is 23.8 Å². The molecule has 1 saturated heterocycles. The molecule has 1 aromatic heterocycles. The first-order chi connectivity index (χ1) is 14.1. The molecule has 7 heteroatoms. The van der Waals surface area contributed by atoms with Gasteiger partial charge in [-0.05, 0) is 43.2 Å². The van der Waals surface area contributed by atoms with Crippen molar-refractivity contribution in [2.75, 3.05) is 26.3 Å². The number of aromatic nitrogens is 1. The number of fused-ring (bicyclic) bond motifs is 1. The summed E-state index contributed by atoms with van der Waals surface area (Å²) in [6, 6.07) is 10.8. The van der Waals surface area contributed by atoms with Gasteiger partial charge in [-0.25, -0.2) is 0 Å². The third kappa shape index (κ3) is 4.34. The van der Waals surface area contributed by atoms with Crippen molar-refractivity contribution in [1.82, 2.24) is 15.2 Å². The number of ether oxygens (including phenoxy) is 2. The number of hydrogen-bond donors (Lipinski definition) is 1. The van der Waals surface area contributed by atoms with E-state index in [0.29, 0.717) is 43.4 Å². The Kier molecular flexibility index (Phi) is 5.64. The summed E-state index contributed by atoms with van der Waals surface area (Å²) in [6.45, 7) is 3.77. The van der Waals surface area contributed by atoms with E-state index in [4.69, 9.17) is 9.47 Å². The van der Waals surface area contributed by atoms with Crippen LogP contribution in [0.25, 0.3) is 0 Å². The number of amides is 2. The van der Waals surface area contributed by atoms with Crippen LogP contribution < -0.4 is 14.8 Å². The predicted molar refractivity (Wildman–Crippen MR) is 107 cm³/mol. The molecule has 0 bridgehead atoms. The smallest absolute Gasteiger partial charge is 0.254 e. The molecular weight excluding hydrogens is 370 g/mol. The van der Waals surface area contributed by atoms with Crippen LogP contribution >= 0.6 is 0 Å². The zero-order valence-corrected chi connectivity index (χ0v) is 16.5. The highest BCUT2D eigenvalue weighted by molar-refractivity contribution is 5.95. The van der Waals surface area contributed by atoms with Crippen LogP contribution in [0.2, 0.25) is 0 Å². The number of likely N-dealkylation sites (tertiary alicyclic amines) is 1. The fourth-order valence-electron chi connectivity index (χ4n) is 4.04. The van der Waals surface area contributed by atoms with Gasteiger partial charge < -0.3 is 19.7 Å². The fraction of sp³-hybridized carbons (Fsp3) is 0.409. The topological polar surface area (TPSA) is 80.8 Å². The normalized spacial score (nSPS) is 19.3. The minimum absolute atomic E-state index is 0.0331. The fourth-order valence-corrected chi connectivity index (χ4v) is 4.04. The summed E-state index contributed by atoms with van der Waals surface area (Å²) >= 11 is 0. The quantitative estimate of drug-likeness (QED) is 0.861. The molecule has 0 unspecified atom stereocenters. The van der Waals surface area contributed by atoms with E-state index in [2.05, 4.69) is 10.3 Å². The summed E-state index contributed by atoms with van der Waals surface area (Å²) in [5.74, 6) is 1.25. The van der Waals surface area contributed by atoms with Gasteiger partial charge in [-0.15, -0.1) is 0 Å². The van der Waals surface area contributed by atoms with Crippen molar-refractivity contribution >= 4 is 11.8 Å². The van der Waals surface area contributed by atoms with Crippen LogP contribution in [0, 0.1) is 5.92 Å². The molecule has 1 aromatic carbocycles. The second kappa shape index (κ2) is 8.51. The Hall–Kier alpha value is -3.09. The number of piperidine rings is 1. The van der Waals surface area contributed by atoms with Gasteiger partial charge in [0.05, 0.1) is 11.7 Å². The molecule has 2 aliphatic rings. The minimum atomic E-state index is -0.218.